The SMILES string of the molecule is CC(=O)N1CCc2c(c(-c3cccc4ncc(Br)cc34)nn2[C@H]2CCOC2)C1. The maximum absolute atomic E-state index is 12.0. The topological polar surface area (TPSA) is 60.2 Å². The van der Waals surface area contributed by atoms with Crippen LogP contribution in [0.1, 0.15) is 30.6 Å². The fourth-order valence-electron chi connectivity index (χ4n) is 4.28. The van der Waals surface area contributed by atoms with Crippen LogP contribution in [0.2, 0.25) is 0 Å². The third-order valence-electron chi connectivity index (χ3n) is 5.73. The Bertz CT molecular complexity index is 1070. The third-order valence-corrected chi connectivity index (χ3v) is 6.16. The Kier molecular flexibility index (Phi) is 4.44. The number of aromatic nitrogens is 3. The summed E-state index contributed by atoms with van der Waals surface area (Å²) in [5.74, 6) is 0.107. The number of hydrogen-bond donors (Lipinski definition) is 0. The average Bonchev–Trinajstić information content (AvgIpc) is 3.34. The molecular weight excluding hydrogens is 420 g/mol. The van der Waals surface area contributed by atoms with Crippen molar-refractivity contribution in [3.8, 4) is 11.3 Å². The molecule has 1 atom stereocenters. The largest absolute Gasteiger partial charge is 0.379 e. The summed E-state index contributed by atoms with van der Waals surface area (Å²) in [5, 5.41) is 6.14. The summed E-state index contributed by atoms with van der Waals surface area (Å²) in [6.07, 6.45) is 3.62. The number of nitrogens with zero attached hydrogens (tertiary/aromatic N) is 4. The minimum atomic E-state index is 0.107. The van der Waals surface area contributed by atoms with Crippen molar-refractivity contribution in [3.05, 3.63) is 46.2 Å². The number of carbonyl (C=O) groups excluding carboxylic acids is 1. The number of rotatable bonds is 2. The molecule has 0 radical (unpaired) electrons. The van der Waals surface area contributed by atoms with Crippen LogP contribution in [-0.4, -0.2) is 45.3 Å². The lowest BCUT2D eigenvalue weighted by atomic mass is 9.98. The molecule has 2 aliphatic heterocycles. The summed E-state index contributed by atoms with van der Waals surface area (Å²) in [6.45, 7) is 4.46. The van der Waals surface area contributed by atoms with Gasteiger partial charge in [-0.15, -0.1) is 0 Å². The first kappa shape index (κ1) is 17.8. The second-order valence-corrected chi connectivity index (χ2v) is 8.37. The van der Waals surface area contributed by atoms with Gasteiger partial charge in [-0.05, 0) is 34.5 Å². The lowest BCUT2D eigenvalue weighted by molar-refractivity contribution is -0.129. The minimum absolute atomic E-state index is 0.107. The van der Waals surface area contributed by atoms with Crippen molar-refractivity contribution in [1.29, 1.82) is 0 Å². The van der Waals surface area contributed by atoms with Crippen molar-refractivity contribution in [2.75, 3.05) is 19.8 Å². The van der Waals surface area contributed by atoms with E-state index in [4.69, 9.17) is 9.84 Å². The number of hydrogen-bond acceptors (Lipinski definition) is 4. The molecule has 1 saturated heterocycles. The Morgan fingerprint density at radius 3 is 3.04 bits per heavy atom. The number of amides is 1. The lowest BCUT2D eigenvalue weighted by Crippen LogP contribution is -2.35. The summed E-state index contributed by atoms with van der Waals surface area (Å²) >= 11 is 3.54. The molecule has 144 valence electrons. The van der Waals surface area contributed by atoms with Crippen LogP contribution in [0.3, 0.4) is 0 Å². The molecule has 0 aliphatic carbocycles. The first-order chi connectivity index (χ1) is 13.6. The predicted octanol–water partition coefficient (Wildman–Crippen LogP) is 3.73. The van der Waals surface area contributed by atoms with E-state index >= 15 is 0 Å². The molecule has 2 aliphatic rings. The lowest BCUT2D eigenvalue weighted by Gasteiger charge is -2.27. The number of carbonyl (C=O) groups is 1. The molecule has 3 aromatic rings. The van der Waals surface area contributed by atoms with Gasteiger partial charge in [0.15, 0.2) is 0 Å². The monoisotopic (exact) mass is 440 g/mol. The molecule has 0 N–H and O–H groups in total. The van der Waals surface area contributed by atoms with Crippen LogP contribution in [0.25, 0.3) is 22.2 Å². The Balaban J connectivity index is 1.71. The summed E-state index contributed by atoms with van der Waals surface area (Å²) < 4.78 is 8.73. The van der Waals surface area contributed by atoms with E-state index in [9.17, 15) is 4.79 Å². The number of halogens is 1. The second-order valence-electron chi connectivity index (χ2n) is 7.45. The molecule has 5 rings (SSSR count). The smallest absolute Gasteiger partial charge is 0.219 e. The molecule has 28 heavy (non-hydrogen) atoms. The predicted molar refractivity (Wildman–Crippen MR) is 110 cm³/mol. The Hall–Kier alpha value is -2.25. The molecule has 0 unspecified atom stereocenters. The van der Waals surface area contributed by atoms with Gasteiger partial charge in [0.25, 0.3) is 0 Å². The number of fused-ring (bicyclic) bond motifs is 2. The molecule has 4 heterocycles. The van der Waals surface area contributed by atoms with Crippen molar-refractivity contribution in [2.45, 2.75) is 32.4 Å². The van der Waals surface area contributed by atoms with E-state index in [1.165, 1.54) is 5.69 Å². The molecule has 0 bridgehead atoms. The van der Waals surface area contributed by atoms with E-state index in [1.807, 2.05) is 23.2 Å². The zero-order valence-electron chi connectivity index (χ0n) is 15.7. The molecule has 6 nitrogen and oxygen atoms in total. The molecule has 2 aromatic heterocycles. The molecule has 1 amide bonds. The standard InChI is InChI=1S/C21H21BrN4O2/c1-13(27)25-7-5-20-18(11-25)21(24-26(20)15-6-8-28-12-15)16-3-2-4-19-17(16)9-14(22)10-23-19/h2-4,9-10,15H,5-8,11-12H2,1H3/t15-/m0/s1. The molecule has 0 saturated carbocycles. The third kappa shape index (κ3) is 2.93. The van der Waals surface area contributed by atoms with Crippen LogP contribution in [0.4, 0.5) is 0 Å². The first-order valence-corrected chi connectivity index (χ1v) is 10.4. The molecule has 1 fully saturated rings. The first-order valence-electron chi connectivity index (χ1n) is 9.60. The zero-order valence-corrected chi connectivity index (χ0v) is 17.3. The van der Waals surface area contributed by atoms with Crippen LogP contribution in [0.5, 0.6) is 0 Å². The zero-order chi connectivity index (χ0) is 19.3. The van der Waals surface area contributed by atoms with Crippen molar-refractivity contribution in [1.82, 2.24) is 19.7 Å². The quantitative estimate of drug-likeness (QED) is 0.608. The van der Waals surface area contributed by atoms with Crippen LogP contribution in [0.15, 0.2) is 34.9 Å². The van der Waals surface area contributed by atoms with Gasteiger partial charge in [0.2, 0.25) is 5.91 Å². The molecule has 7 heteroatoms. The van der Waals surface area contributed by atoms with Gasteiger partial charge in [-0.25, -0.2) is 0 Å². The highest BCUT2D eigenvalue weighted by Gasteiger charge is 2.31. The van der Waals surface area contributed by atoms with Crippen LogP contribution < -0.4 is 0 Å². The molecular formula is C21H21BrN4O2. The summed E-state index contributed by atoms with van der Waals surface area (Å²) in [4.78, 5) is 18.5. The summed E-state index contributed by atoms with van der Waals surface area (Å²) in [7, 11) is 0. The van der Waals surface area contributed by atoms with Gasteiger partial charge in [-0.2, -0.15) is 5.10 Å². The van der Waals surface area contributed by atoms with Gasteiger partial charge in [0, 0.05) is 65.9 Å². The van der Waals surface area contributed by atoms with E-state index in [0.717, 1.165) is 58.2 Å². The van der Waals surface area contributed by atoms with E-state index in [-0.39, 0.29) is 11.9 Å². The maximum Gasteiger partial charge on any atom is 0.219 e. The Labute approximate surface area is 171 Å². The van der Waals surface area contributed by atoms with E-state index in [0.29, 0.717) is 13.2 Å². The maximum atomic E-state index is 12.0. The second kappa shape index (κ2) is 6.97. The van der Waals surface area contributed by atoms with E-state index in [2.05, 4.69) is 37.7 Å². The van der Waals surface area contributed by atoms with Crippen molar-refractivity contribution in [2.24, 2.45) is 0 Å². The van der Waals surface area contributed by atoms with Crippen LogP contribution in [0, 0.1) is 0 Å². The molecule has 0 spiro atoms. The molecule has 1 aromatic carbocycles. The van der Waals surface area contributed by atoms with Crippen LogP contribution >= 0.6 is 15.9 Å². The summed E-state index contributed by atoms with van der Waals surface area (Å²) in [6, 6.07) is 8.50. The highest BCUT2D eigenvalue weighted by Crippen LogP contribution is 2.36. The Morgan fingerprint density at radius 2 is 2.25 bits per heavy atom. The number of pyridine rings is 1. The Morgan fingerprint density at radius 1 is 1.36 bits per heavy atom. The van der Waals surface area contributed by atoms with Gasteiger partial charge in [0.05, 0.1) is 23.9 Å². The van der Waals surface area contributed by atoms with Gasteiger partial charge in [-0.1, -0.05) is 12.1 Å². The average molecular weight is 441 g/mol. The highest BCUT2D eigenvalue weighted by molar-refractivity contribution is 9.10. The highest BCUT2D eigenvalue weighted by atomic mass is 79.9. The van der Waals surface area contributed by atoms with Crippen molar-refractivity contribution >= 4 is 32.7 Å². The van der Waals surface area contributed by atoms with E-state index in [1.54, 1.807) is 6.92 Å². The van der Waals surface area contributed by atoms with Crippen molar-refractivity contribution in [3.63, 3.8) is 0 Å². The van der Waals surface area contributed by atoms with Crippen molar-refractivity contribution < 1.29 is 9.53 Å². The number of ether oxygens (including phenoxy) is 1. The fraction of sp³-hybridized carbons (Fsp3) is 0.381. The normalized spacial score (nSPS) is 19.2. The summed E-state index contributed by atoms with van der Waals surface area (Å²) in [5.41, 5.74) is 5.35. The van der Waals surface area contributed by atoms with Gasteiger partial charge in [-0.3, -0.25) is 14.5 Å². The minimum Gasteiger partial charge on any atom is -0.379 e. The number of benzene rings is 1. The van der Waals surface area contributed by atoms with Gasteiger partial charge in [0.1, 0.15) is 0 Å². The fourth-order valence-corrected chi connectivity index (χ4v) is 4.61. The van der Waals surface area contributed by atoms with Gasteiger partial charge >= 0.3 is 0 Å². The van der Waals surface area contributed by atoms with E-state index < -0.39 is 0 Å². The van der Waals surface area contributed by atoms with Crippen LogP contribution in [-0.2, 0) is 22.5 Å². The van der Waals surface area contributed by atoms with Gasteiger partial charge < -0.3 is 9.64 Å².